The maximum atomic E-state index is 12.3. The van der Waals surface area contributed by atoms with Crippen molar-refractivity contribution in [3.63, 3.8) is 0 Å². The molecule has 0 radical (unpaired) electrons. The van der Waals surface area contributed by atoms with E-state index < -0.39 is 0 Å². The largest absolute Gasteiger partial charge is 0.349 e. The van der Waals surface area contributed by atoms with Gasteiger partial charge in [-0.25, -0.2) is 4.98 Å². The van der Waals surface area contributed by atoms with E-state index in [1.807, 2.05) is 30.5 Å². The molecule has 1 atom stereocenters. The highest BCUT2D eigenvalue weighted by Crippen LogP contribution is 2.37. The first-order valence-electron chi connectivity index (χ1n) is 10.0. The summed E-state index contributed by atoms with van der Waals surface area (Å²) in [5.74, 6) is 1.04. The average Bonchev–Trinajstić information content (AvgIpc) is 3.13. The van der Waals surface area contributed by atoms with Gasteiger partial charge < -0.3 is 9.88 Å². The smallest absolute Gasteiger partial charge is 0.261 e. The number of nitrogens with zero attached hydrogens (tertiary/aromatic N) is 3. The van der Waals surface area contributed by atoms with Gasteiger partial charge in [0.05, 0.1) is 4.88 Å². The minimum Gasteiger partial charge on any atom is -0.349 e. The molecule has 3 aromatic heterocycles. The summed E-state index contributed by atoms with van der Waals surface area (Å²) < 4.78 is 2.16. The number of hydrogen-bond donors (Lipinski definition) is 1. The Morgan fingerprint density at radius 2 is 2.07 bits per heavy atom. The van der Waals surface area contributed by atoms with Crippen LogP contribution in [0.5, 0.6) is 0 Å². The van der Waals surface area contributed by atoms with Crippen LogP contribution in [0, 0.1) is 0 Å². The molecule has 1 aliphatic carbocycles. The Hall–Kier alpha value is -2.44. The quantitative estimate of drug-likeness (QED) is 0.685. The maximum absolute atomic E-state index is 12.3. The Bertz CT molecular complexity index is 960. The number of hydrogen-bond acceptors (Lipinski definition) is 4. The first kappa shape index (κ1) is 17.6. The topological polar surface area (TPSA) is 50.2 Å². The SMILES string of the molecule is O=C(NC1CC1)c1ccc(C2CCCN2Cc2cccn2-c2ccccn2)s1. The molecule has 4 heterocycles. The van der Waals surface area contributed by atoms with Crippen LogP contribution in [0.3, 0.4) is 0 Å². The van der Waals surface area contributed by atoms with E-state index in [1.165, 1.54) is 17.0 Å². The van der Waals surface area contributed by atoms with Crippen LogP contribution in [0.1, 0.15) is 52.0 Å². The number of carbonyl (C=O) groups excluding carboxylic acids is 1. The number of carbonyl (C=O) groups is 1. The van der Waals surface area contributed by atoms with Crippen LogP contribution in [0.15, 0.2) is 54.9 Å². The number of rotatable bonds is 6. The summed E-state index contributed by atoms with van der Waals surface area (Å²) in [4.78, 5) is 21.5. The molecule has 0 spiro atoms. The second-order valence-corrected chi connectivity index (χ2v) is 8.75. The van der Waals surface area contributed by atoms with E-state index in [2.05, 4.69) is 44.2 Å². The second-order valence-electron chi connectivity index (χ2n) is 7.64. The van der Waals surface area contributed by atoms with Crippen molar-refractivity contribution in [3.8, 4) is 5.82 Å². The van der Waals surface area contributed by atoms with E-state index in [1.54, 1.807) is 11.3 Å². The summed E-state index contributed by atoms with van der Waals surface area (Å²) >= 11 is 1.65. The number of likely N-dealkylation sites (tertiary alicyclic amines) is 1. The third-order valence-electron chi connectivity index (χ3n) is 5.55. The van der Waals surface area contributed by atoms with Crippen LogP contribution in [0.4, 0.5) is 0 Å². The predicted octanol–water partition coefficient (Wildman–Crippen LogP) is 4.16. The lowest BCUT2D eigenvalue weighted by Gasteiger charge is -2.24. The molecule has 2 fully saturated rings. The first-order valence-corrected chi connectivity index (χ1v) is 10.8. The normalized spacial score (nSPS) is 19.8. The van der Waals surface area contributed by atoms with Gasteiger partial charge in [0, 0.05) is 41.6 Å². The Morgan fingerprint density at radius 1 is 1.14 bits per heavy atom. The Morgan fingerprint density at radius 3 is 2.89 bits per heavy atom. The van der Waals surface area contributed by atoms with Crippen LogP contribution in [0.25, 0.3) is 5.82 Å². The highest BCUT2D eigenvalue weighted by atomic mass is 32.1. The predicted molar refractivity (Wildman–Crippen MR) is 111 cm³/mol. The van der Waals surface area contributed by atoms with Crippen molar-refractivity contribution in [3.05, 3.63) is 70.3 Å². The van der Waals surface area contributed by atoms with Crippen LogP contribution >= 0.6 is 11.3 Å². The van der Waals surface area contributed by atoms with Crippen molar-refractivity contribution in [2.75, 3.05) is 6.54 Å². The van der Waals surface area contributed by atoms with Gasteiger partial charge in [0.15, 0.2) is 0 Å². The van der Waals surface area contributed by atoms with Gasteiger partial charge in [0.1, 0.15) is 5.82 Å². The van der Waals surface area contributed by atoms with E-state index in [4.69, 9.17) is 0 Å². The minimum atomic E-state index is 0.0901. The molecule has 2 aliphatic rings. The molecule has 1 aliphatic heterocycles. The fourth-order valence-corrected chi connectivity index (χ4v) is 5.03. The number of pyridine rings is 1. The summed E-state index contributed by atoms with van der Waals surface area (Å²) in [6.07, 6.45) is 8.49. The van der Waals surface area contributed by atoms with Gasteiger partial charge in [0.2, 0.25) is 0 Å². The molecule has 0 aromatic carbocycles. The first-order chi connectivity index (χ1) is 13.8. The van der Waals surface area contributed by atoms with E-state index in [9.17, 15) is 4.79 Å². The lowest BCUT2D eigenvalue weighted by Crippen LogP contribution is -2.24. The molecule has 144 valence electrons. The maximum Gasteiger partial charge on any atom is 0.261 e. The zero-order valence-electron chi connectivity index (χ0n) is 15.8. The fourth-order valence-electron chi connectivity index (χ4n) is 3.95. The van der Waals surface area contributed by atoms with Gasteiger partial charge in [-0.2, -0.15) is 0 Å². The van der Waals surface area contributed by atoms with Crippen molar-refractivity contribution in [1.82, 2.24) is 19.8 Å². The molecule has 6 heteroatoms. The van der Waals surface area contributed by atoms with E-state index >= 15 is 0 Å². The summed E-state index contributed by atoms with van der Waals surface area (Å²) in [6.45, 7) is 1.97. The van der Waals surface area contributed by atoms with Crippen molar-refractivity contribution in [2.45, 2.75) is 44.3 Å². The summed E-state index contributed by atoms with van der Waals surface area (Å²) in [5.41, 5.74) is 1.24. The summed E-state index contributed by atoms with van der Waals surface area (Å²) in [5, 5.41) is 3.09. The summed E-state index contributed by atoms with van der Waals surface area (Å²) in [6, 6.07) is 15.2. The van der Waals surface area contributed by atoms with Gasteiger partial charge in [-0.3, -0.25) is 9.69 Å². The number of aromatic nitrogens is 2. The third kappa shape index (κ3) is 3.62. The zero-order chi connectivity index (χ0) is 18.9. The molecule has 1 saturated carbocycles. The standard InChI is InChI=1S/C22H24N4OS/c27-22(24-16-8-9-16)20-11-10-19(28-20)18-6-4-13-25(18)15-17-5-3-14-26(17)21-7-1-2-12-23-21/h1-3,5,7,10-12,14,16,18H,4,6,8-9,13,15H2,(H,24,27). The molecule has 3 aromatic rings. The van der Waals surface area contributed by atoms with Crippen molar-refractivity contribution >= 4 is 17.2 Å². The summed E-state index contributed by atoms with van der Waals surface area (Å²) in [7, 11) is 0. The molecular weight excluding hydrogens is 368 g/mol. The molecule has 1 saturated heterocycles. The van der Waals surface area contributed by atoms with Crippen LogP contribution in [-0.2, 0) is 6.54 Å². The monoisotopic (exact) mass is 392 g/mol. The molecule has 28 heavy (non-hydrogen) atoms. The molecular formula is C22H24N4OS. The van der Waals surface area contributed by atoms with Crippen LogP contribution in [-0.4, -0.2) is 32.9 Å². The highest BCUT2D eigenvalue weighted by molar-refractivity contribution is 7.14. The number of nitrogens with one attached hydrogen (secondary N) is 1. The average molecular weight is 393 g/mol. The Balaban J connectivity index is 1.32. The number of amides is 1. The highest BCUT2D eigenvalue weighted by Gasteiger charge is 2.29. The molecule has 5 nitrogen and oxygen atoms in total. The molecule has 1 unspecified atom stereocenters. The van der Waals surface area contributed by atoms with E-state index in [0.29, 0.717) is 12.1 Å². The Labute approximate surface area is 169 Å². The van der Waals surface area contributed by atoms with Gasteiger partial charge in [-0.15, -0.1) is 11.3 Å². The van der Waals surface area contributed by atoms with Gasteiger partial charge in [-0.05, 0) is 68.6 Å². The van der Waals surface area contributed by atoms with Gasteiger partial charge in [0.25, 0.3) is 5.91 Å². The lowest BCUT2D eigenvalue weighted by atomic mass is 10.2. The fraction of sp³-hybridized carbons (Fsp3) is 0.364. The zero-order valence-corrected chi connectivity index (χ0v) is 16.6. The van der Waals surface area contributed by atoms with E-state index in [0.717, 1.165) is 43.0 Å². The van der Waals surface area contributed by atoms with Crippen LogP contribution in [0.2, 0.25) is 0 Å². The van der Waals surface area contributed by atoms with Gasteiger partial charge in [-0.1, -0.05) is 6.07 Å². The number of thiophene rings is 1. The van der Waals surface area contributed by atoms with Gasteiger partial charge >= 0.3 is 0 Å². The third-order valence-corrected chi connectivity index (χ3v) is 6.73. The van der Waals surface area contributed by atoms with Crippen molar-refractivity contribution < 1.29 is 4.79 Å². The molecule has 5 rings (SSSR count). The minimum absolute atomic E-state index is 0.0901. The van der Waals surface area contributed by atoms with Crippen molar-refractivity contribution in [2.24, 2.45) is 0 Å². The van der Waals surface area contributed by atoms with E-state index in [-0.39, 0.29) is 5.91 Å². The lowest BCUT2D eigenvalue weighted by molar-refractivity contribution is 0.0955. The molecule has 0 bridgehead atoms. The second kappa shape index (κ2) is 7.53. The Kier molecular flexibility index (Phi) is 4.74. The van der Waals surface area contributed by atoms with Crippen LogP contribution < -0.4 is 5.32 Å². The molecule has 1 N–H and O–H groups in total. The molecule has 1 amide bonds. The van der Waals surface area contributed by atoms with Crippen molar-refractivity contribution in [1.29, 1.82) is 0 Å².